The van der Waals surface area contributed by atoms with Crippen LogP contribution >= 0.6 is 11.6 Å². The SMILES string of the molecule is COc1ccc(-c2cnc(-c3ccccc3)[nH]2)c(F)c1.Clc1ccc(-c2cnc(-c3ccccc3)[nH]2)cc1. The lowest BCUT2D eigenvalue weighted by Gasteiger charge is -2.03. The minimum absolute atomic E-state index is 0.340. The highest BCUT2D eigenvalue weighted by Crippen LogP contribution is 2.27. The fraction of sp³-hybridized carbons (Fsp3) is 0.0323. The van der Waals surface area contributed by atoms with E-state index in [1.54, 1.807) is 18.3 Å². The number of aromatic nitrogens is 4. The Hall–Kier alpha value is -4.68. The number of ether oxygens (including phenoxy) is 1. The van der Waals surface area contributed by atoms with Crippen molar-refractivity contribution in [3.05, 3.63) is 126 Å². The van der Waals surface area contributed by atoms with Crippen LogP contribution in [0.25, 0.3) is 45.3 Å². The number of hydrogen-bond acceptors (Lipinski definition) is 3. The van der Waals surface area contributed by atoms with Crippen LogP contribution in [-0.4, -0.2) is 27.0 Å². The largest absolute Gasteiger partial charge is 0.497 e. The first kappa shape index (κ1) is 25.0. The van der Waals surface area contributed by atoms with Crippen molar-refractivity contribution in [1.29, 1.82) is 0 Å². The molecule has 188 valence electrons. The Morgan fingerprint density at radius 2 is 1.21 bits per heavy atom. The molecule has 38 heavy (non-hydrogen) atoms. The van der Waals surface area contributed by atoms with E-state index in [-0.39, 0.29) is 5.82 Å². The van der Waals surface area contributed by atoms with Gasteiger partial charge in [-0.2, -0.15) is 0 Å². The molecule has 6 rings (SSSR count). The van der Waals surface area contributed by atoms with Crippen LogP contribution in [0.5, 0.6) is 5.75 Å². The highest BCUT2D eigenvalue weighted by molar-refractivity contribution is 6.30. The first-order valence-corrected chi connectivity index (χ1v) is 12.3. The van der Waals surface area contributed by atoms with Crippen molar-refractivity contribution < 1.29 is 9.13 Å². The Morgan fingerprint density at radius 1 is 0.658 bits per heavy atom. The van der Waals surface area contributed by atoms with Crippen LogP contribution in [0.4, 0.5) is 4.39 Å². The lowest BCUT2D eigenvalue weighted by Crippen LogP contribution is -1.88. The maximum atomic E-state index is 14.0. The molecule has 2 heterocycles. The molecule has 0 fully saturated rings. The highest BCUT2D eigenvalue weighted by atomic mass is 35.5. The highest BCUT2D eigenvalue weighted by Gasteiger charge is 2.10. The average Bonchev–Trinajstić information content (AvgIpc) is 3.66. The van der Waals surface area contributed by atoms with Gasteiger partial charge in [-0.15, -0.1) is 0 Å². The second-order valence-corrected chi connectivity index (χ2v) is 8.81. The number of imidazole rings is 2. The van der Waals surface area contributed by atoms with Crippen LogP contribution in [0.3, 0.4) is 0 Å². The van der Waals surface area contributed by atoms with E-state index in [1.807, 2.05) is 91.1 Å². The van der Waals surface area contributed by atoms with Crippen molar-refractivity contribution in [2.24, 2.45) is 0 Å². The van der Waals surface area contributed by atoms with E-state index < -0.39 is 0 Å². The molecule has 0 atom stereocenters. The number of rotatable bonds is 5. The Bertz CT molecular complexity index is 1610. The molecule has 2 aromatic heterocycles. The third-order valence-electron chi connectivity index (χ3n) is 5.87. The third-order valence-corrected chi connectivity index (χ3v) is 6.12. The third kappa shape index (κ3) is 5.82. The fourth-order valence-electron chi connectivity index (χ4n) is 3.88. The van der Waals surface area contributed by atoms with Crippen molar-refractivity contribution in [3.8, 4) is 51.0 Å². The second kappa shape index (κ2) is 11.6. The minimum atomic E-state index is -0.340. The zero-order valence-corrected chi connectivity index (χ0v) is 21.3. The van der Waals surface area contributed by atoms with E-state index >= 15 is 0 Å². The molecule has 0 amide bonds. The van der Waals surface area contributed by atoms with Crippen LogP contribution in [0, 0.1) is 5.82 Å². The van der Waals surface area contributed by atoms with Gasteiger partial charge in [-0.25, -0.2) is 14.4 Å². The number of nitrogens with zero attached hydrogens (tertiary/aromatic N) is 2. The standard InChI is InChI=1S/C16H13FN2O.C15H11ClN2/c1-20-12-7-8-13(14(17)9-12)15-10-18-16(19-15)11-5-3-2-4-6-11;16-13-8-6-11(7-9-13)14-10-17-15(18-14)12-4-2-1-3-5-12/h2-10H,1H3,(H,18,19);1-10H,(H,17,18). The molecule has 0 aliphatic heterocycles. The van der Waals surface area contributed by atoms with E-state index in [4.69, 9.17) is 16.3 Å². The normalized spacial score (nSPS) is 10.5. The van der Waals surface area contributed by atoms with Gasteiger partial charge in [0.2, 0.25) is 0 Å². The Morgan fingerprint density at radius 3 is 1.76 bits per heavy atom. The van der Waals surface area contributed by atoms with E-state index in [9.17, 15) is 4.39 Å². The van der Waals surface area contributed by atoms with Gasteiger partial charge in [-0.3, -0.25) is 0 Å². The van der Waals surface area contributed by atoms with E-state index in [0.29, 0.717) is 17.0 Å². The van der Waals surface area contributed by atoms with Gasteiger partial charge in [-0.05, 0) is 29.8 Å². The molecule has 0 bridgehead atoms. The topological polar surface area (TPSA) is 66.6 Å². The van der Waals surface area contributed by atoms with Crippen LogP contribution in [0.15, 0.2) is 116 Å². The quantitative estimate of drug-likeness (QED) is 0.239. The molecule has 0 saturated carbocycles. The molecular formula is C31H24ClFN4O. The number of methoxy groups -OCH3 is 1. The van der Waals surface area contributed by atoms with Crippen molar-refractivity contribution in [2.75, 3.05) is 7.11 Å². The summed E-state index contributed by atoms with van der Waals surface area (Å²) in [5.74, 6) is 1.75. The van der Waals surface area contributed by atoms with Crippen molar-refractivity contribution in [3.63, 3.8) is 0 Å². The van der Waals surface area contributed by atoms with E-state index in [0.717, 1.165) is 39.1 Å². The predicted octanol–water partition coefficient (Wildman–Crippen LogP) is 8.29. The Kier molecular flexibility index (Phi) is 7.62. The lowest BCUT2D eigenvalue weighted by molar-refractivity contribution is 0.411. The molecule has 5 nitrogen and oxygen atoms in total. The van der Waals surface area contributed by atoms with Crippen LogP contribution in [-0.2, 0) is 0 Å². The summed E-state index contributed by atoms with van der Waals surface area (Å²) in [6.45, 7) is 0. The average molecular weight is 523 g/mol. The van der Waals surface area contributed by atoms with E-state index in [1.165, 1.54) is 13.2 Å². The van der Waals surface area contributed by atoms with Crippen LogP contribution in [0.2, 0.25) is 5.02 Å². The number of hydrogen-bond donors (Lipinski definition) is 2. The Labute approximate surface area is 225 Å². The number of H-pyrrole nitrogens is 2. The van der Waals surface area contributed by atoms with Gasteiger partial charge in [0.05, 0.1) is 30.9 Å². The molecule has 0 aliphatic carbocycles. The van der Waals surface area contributed by atoms with Gasteiger partial charge in [0.15, 0.2) is 0 Å². The summed E-state index contributed by atoms with van der Waals surface area (Å²) in [4.78, 5) is 15.1. The Balaban J connectivity index is 0.000000156. The summed E-state index contributed by atoms with van der Waals surface area (Å²) >= 11 is 5.87. The fourth-order valence-corrected chi connectivity index (χ4v) is 4.01. The molecule has 0 radical (unpaired) electrons. The smallest absolute Gasteiger partial charge is 0.137 e. The van der Waals surface area contributed by atoms with Crippen molar-refractivity contribution in [1.82, 2.24) is 19.9 Å². The zero-order valence-electron chi connectivity index (χ0n) is 20.5. The van der Waals surface area contributed by atoms with E-state index in [2.05, 4.69) is 19.9 Å². The minimum Gasteiger partial charge on any atom is -0.497 e. The molecule has 0 unspecified atom stereocenters. The number of aromatic amines is 2. The summed E-state index contributed by atoms with van der Waals surface area (Å²) in [7, 11) is 1.51. The monoisotopic (exact) mass is 522 g/mol. The number of halogens is 2. The first-order chi connectivity index (χ1) is 18.6. The molecular weight excluding hydrogens is 499 g/mol. The maximum Gasteiger partial charge on any atom is 0.137 e. The van der Waals surface area contributed by atoms with Crippen LogP contribution in [0.1, 0.15) is 0 Å². The lowest BCUT2D eigenvalue weighted by atomic mass is 10.1. The molecule has 7 heteroatoms. The molecule has 0 aliphatic rings. The second-order valence-electron chi connectivity index (χ2n) is 8.38. The molecule has 4 aromatic carbocycles. The number of benzene rings is 4. The molecule has 6 aromatic rings. The summed E-state index contributed by atoms with van der Waals surface area (Å²) in [5.41, 5.74) is 5.23. The summed E-state index contributed by atoms with van der Waals surface area (Å²) in [6.07, 6.45) is 3.47. The van der Waals surface area contributed by atoms with Gasteiger partial charge in [0, 0.05) is 27.8 Å². The van der Waals surface area contributed by atoms with Gasteiger partial charge in [-0.1, -0.05) is 84.4 Å². The maximum absolute atomic E-state index is 14.0. The van der Waals surface area contributed by atoms with Crippen molar-refractivity contribution >= 4 is 11.6 Å². The van der Waals surface area contributed by atoms with Gasteiger partial charge in [0.1, 0.15) is 23.2 Å². The predicted molar refractivity (Wildman–Crippen MR) is 150 cm³/mol. The molecule has 0 spiro atoms. The summed E-state index contributed by atoms with van der Waals surface area (Å²) < 4.78 is 19.0. The van der Waals surface area contributed by atoms with Gasteiger partial charge in [0.25, 0.3) is 0 Å². The first-order valence-electron chi connectivity index (χ1n) is 11.9. The van der Waals surface area contributed by atoms with Crippen LogP contribution < -0.4 is 4.74 Å². The molecule has 0 saturated heterocycles. The summed E-state index contributed by atoms with van der Waals surface area (Å²) in [5, 5.41) is 0.738. The zero-order chi connectivity index (χ0) is 26.3. The van der Waals surface area contributed by atoms with Gasteiger partial charge >= 0.3 is 0 Å². The van der Waals surface area contributed by atoms with Gasteiger partial charge < -0.3 is 14.7 Å². The van der Waals surface area contributed by atoms with Crippen molar-refractivity contribution in [2.45, 2.75) is 0 Å². The summed E-state index contributed by atoms with van der Waals surface area (Å²) in [6, 6.07) is 32.2. The number of nitrogens with one attached hydrogen (secondary N) is 2. The molecule has 2 N–H and O–H groups in total.